The molecule has 0 fully saturated rings. The molecular weight excluding hydrogens is 224 g/mol. The minimum absolute atomic E-state index is 0.225. The van der Waals surface area contributed by atoms with Crippen LogP contribution in [0.15, 0.2) is 48.5 Å². The Morgan fingerprint density at radius 3 is 2.44 bits per heavy atom. The Labute approximate surface area is 107 Å². The van der Waals surface area contributed by atoms with E-state index in [1.54, 1.807) is 6.07 Å². The lowest BCUT2D eigenvalue weighted by Gasteiger charge is -2.04. The van der Waals surface area contributed by atoms with Gasteiger partial charge in [-0.2, -0.15) is 0 Å². The van der Waals surface area contributed by atoms with Crippen LogP contribution in [0.2, 0.25) is 0 Å². The minimum atomic E-state index is 0.225. The number of carbonyl (C=O) groups is 1. The molecule has 0 radical (unpaired) electrons. The van der Waals surface area contributed by atoms with E-state index in [1.165, 1.54) is 5.56 Å². The molecule has 0 saturated heterocycles. The maximum atomic E-state index is 10.7. The number of hydrogen-bond donors (Lipinski definition) is 1. The molecule has 0 aliphatic carbocycles. The molecule has 1 N–H and O–H groups in total. The highest BCUT2D eigenvalue weighted by Crippen LogP contribution is 2.20. The van der Waals surface area contributed by atoms with Gasteiger partial charge in [0.25, 0.3) is 0 Å². The lowest BCUT2D eigenvalue weighted by molar-refractivity contribution is 0.112. The van der Waals surface area contributed by atoms with Gasteiger partial charge in [-0.05, 0) is 35.6 Å². The van der Waals surface area contributed by atoms with Crippen molar-refractivity contribution in [1.82, 2.24) is 0 Å². The first-order valence-corrected chi connectivity index (χ1v) is 6.09. The number of hydrogen-bond acceptors (Lipinski definition) is 2. The third-order valence-electron chi connectivity index (χ3n) is 2.93. The number of aldehydes is 1. The van der Waals surface area contributed by atoms with Crippen molar-refractivity contribution in [1.29, 1.82) is 0 Å². The molecule has 2 heteroatoms. The molecule has 2 aromatic carbocycles. The summed E-state index contributed by atoms with van der Waals surface area (Å²) in [5, 5.41) is 8.78. The van der Waals surface area contributed by atoms with Gasteiger partial charge < -0.3 is 5.11 Å². The Morgan fingerprint density at radius 2 is 1.78 bits per heavy atom. The predicted octanol–water partition coefficient (Wildman–Crippen LogP) is 3.09. The first-order valence-electron chi connectivity index (χ1n) is 6.09. The van der Waals surface area contributed by atoms with E-state index in [4.69, 9.17) is 5.11 Å². The van der Waals surface area contributed by atoms with Gasteiger partial charge in [0.15, 0.2) is 0 Å². The maximum Gasteiger partial charge on any atom is 0.150 e. The second-order valence-corrected chi connectivity index (χ2v) is 4.27. The average Bonchev–Trinajstić information content (AvgIpc) is 2.46. The van der Waals surface area contributed by atoms with Gasteiger partial charge in [-0.15, -0.1) is 0 Å². The number of carbonyl (C=O) groups excluding carboxylic acids is 1. The average molecular weight is 240 g/mol. The lowest BCUT2D eigenvalue weighted by Crippen LogP contribution is -1.89. The second kappa shape index (κ2) is 6.12. The van der Waals surface area contributed by atoms with Crippen LogP contribution < -0.4 is 0 Å². The molecule has 0 aliphatic rings. The zero-order chi connectivity index (χ0) is 12.8. The smallest absolute Gasteiger partial charge is 0.150 e. The standard InChI is InChI=1S/C16H16O2/c17-10-2-4-13-6-8-15(9-7-13)16-5-1-3-14(11-16)12-18/h1,3,5-9,11-12,17H,2,4,10H2. The van der Waals surface area contributed by atoms with E-state index in [-0.39, 0.29) is 6.61 Å². The van der Waals surface area contributed by atoms with E-state index in [9.17, 15) is 4.79 Å². The number of aliphatic hydroxyl groups is 1. The summed E-state index contributed by atoms with van der Waals surface area (Å²) in [6, 6.07) is 15.8. The summed E-state index contributed by atoms with van der Waals surface area (Å²) in [5.41, 5.74) is 4.07. The van der Waals surface area contributed by atoms with E-state index in [0.717, 1.165) is 30.3 Å². The Bertz CT molecular complexity index is 515. The topological polar surface area (TPSA) is 37.3 Å². The van der Waals surface area contributed by atoms with Gasteiger partial charge in [-0.25, -0.2) is 0 Å². The van der Waals surface area contributed by atoms with Gasteiger partial charge in [0, 0.05) is 12.2 Å². The Kier molecular flexibility index (Phi) is 4.26. The summed E-state index contributed by atoms with van der Waals surface area (Å²) < 4.78 is 0. The lowest BCUT2D eigenvalue weighted by atomic mass is 10.0. The number of benzene rings is 2. The van der Waals surface area contributed by atoms with Crippen LogP contribution in [0.5, 0.6) is 0 Å². The van der Waals surface area contributed by atoms with Crippen molar-refractivity contribution in [3.05, 3.63) is 59.7 Å². The Morgan fingerprint density at radius 1 is 1.00 bits per heavy atom. The quantitative estimate of drug-likeness (QED) is 0.815. The number of rotatable bonds is 5. The zero-order valence-electron chi connectivity index (χ0n) is 10.2. The van der Waals surface area contributed by atoms with Crippen LogP contribution in [0.25, 0.3) is 11.1 Å². The van der Waals surface area contributed by atoms with Gasteiger partial charge in [-0.1, -0.05) is 42.5 Å². The first kappa shape index (κ1) is 12.5. The van der Waals surface area contributed by atoms with Crippen molar-refractivity contribution in [2.45, 2.75) is 12.8 Å². The van der Waals surface area contributed by atoms with Gasteiger partial charge in [0.05, 0.1) is 0 Å². The van der Waals surface area contributed by atoms with E-state index >= 15 is 0 Å². The summed E-state index contributed by atoms with van der Waals surface area (Å²) >= 11 is 0. The molecule has 0 saturated carbocycles. The third-order valence-corrected chi connectivity index (χ3v) is 2.93. The van der Waals surface area contributed by atoms with Gasteiger partial charge in [0.1, 0.15) is 6.29 Å². The largest absolute Gasteiger partial charge is 0.396 e. The van der Waals surface area contributed by atoms with E-state index in [2.05, 4.69) is 24.3 Å². The molecule has 92 valence electrons. The van der Waals surface area contributed by atoms with Crippen LogP contribution in [0.3, 0.4) is 0 Å². The summed E-state index contributed by atoms with van der Waals surface area (Å²) in [6.07, 6.45) is 2.55. The molecule has 0 heterocycles. The van der Waals surface area contributed by atoms with Crippen LogP contribution in [-0.2, 0) is 6.42 Å². The minimum Gasteiger partial charge on any atom is -0.396 e. The summed E-state index contributed by atoms with van der Waals surface area (Å²) in [5.74, 6) is 0. The van der Waals surface area contributed by atoms with Crippen LogP contribution in [0.4, 0.5) is 0 Å². The molecule has 2 nitrogen and oxygen atoms in total. The van der Waals surface area contributed by atoms with Gasteiger partial charge in [0.2, 0.25) is 0 Å². The number of aliphatic hydroxyl groups excluding tert-OH is 1. The van der Waals surface area contributed by atoms with Crippen LogP contribution in [0.1, 0.15) is 22.3 Å². The monoisotopic (exact) mass is 240 g/mol. The zero-order valence-corrected chi connectivity index (χ0v) is 10.2. The molecule has 0 amide bonds. The molecule has 2 rings (SSSR count). The van der Waals surface area contributed by atoms with E-state index in [0.29, 0.717) is 5.56 Å². The fourth-order valence-corrected chi connectivity index (χ4v) is 1.94. The third kappa shape index (κ3) is 3.05. The van der Waals surface area contributed by atoms with Crippen molar-refractivity contribution in [3.8, 4) is 11.1 Å². The summed E-state index contributed by atoms with van der Waals surface area (Å²) in [4.78, 5) is 10.7. The van der Waals surface area contributed by atoms with Gasteiger partial charge in [-0.3, -0.25) is 4.79 Å². The maximum absolute atomic E-state index is 10.7. The first-order chi connectivity index (χ1) is 8.83. The van der Waals surface area contributed by atoms with Crippen LogP contribution >= 0.6 is 0 Å². The number of aryl methyl sites for hydroxylation is 1. The van der Waals surface area contributed by atoms with Gasteiger partial charge >= 0.3 is 0 Å². The Balaban J connectivity index is 2.20. The molecule has 18 heavy (non-hydrogen) atoms. The molecule has 0 bridgehead atoms. The molecule has 0 aromatic heterocycles. The highest BCUT2D eigenvalue weighted by atomic mass is 16.2. The Hall–Kier alpha value is -1.93. The van der Waals surface area contributed by atoms with E-state index < -0.39 is 0 Å². The van der Waals surface area contributed by atoms with E-state index in [1.807, 2.05) is 18.2 Å². The summed E-state index contributed by atoms with van der Waals surface area (Å²) in [7, 11) is 0. The van der Waals surface area contributed by atoms with Crippen molar-refractivity contribution in [3.63, 3.8) is 0 Å². The molecule has 0 unspecified atom stereocenters. The molecular formula is C16H16O2. The normalized spacial score (nSPS) is 10.3. The van der Waals surface area contributed by atoms with Crippen molar-refractivity contribution < 1.29 is 9.90 Å². The highest BCUT2D eigenvalue weighted by molar-refractivity contribution is 5.78. The SMILES string of the molecule is O=Cc1cccc(-c2ccc(CCCO)cc2)c1. The predicted molar refractivity (Wildman–Crippen MR) is 72.7 cm³/mol. The molecule has 0 atom stereocenters. The summed E-state index contributed by atoms with van der Waals surface area (Å²) in [6.45, 7) is 0.225. The van der Waals surface area contributed by atoms with Crippen molar-refractivity contribution >= 4 is 6.29 Å². The van der Waals surface area contributed by atoms with Crippen molar-refractivity contribution in [2.24, 2.45) is 0 Å². The fraction of sp³-hybridized carbons (Fsp3) is 0.188. The van der Waals surface area contributed by atoms with Crippen molar-refractivity contribution in [2.75, 3.05) is 6.61 Å². The highest BCUT2D eigenvalue weighted by Gasteiger charge is 1.99. The second-order valence-electron chi connectivity index (χ2n) is 4.27. The van der Waals surface area contributed by atoms with Crippen LogP contribution in [0, 0.1) is 0 Å². The molecule has 0 aliphatic heterocycles. The fourth-order valence-electron chi connectivity index (χ4n) is 1.94. The van der Waals surface area contributed by atoms with Crippen LogP contribution in [-0.4, -0.2) is 18.0 Å². The molecule has 0 spiro atoms. The molecule has 2 aromatic rings.